The van der Waals surface area contributed by atoms with Crippen molar-refractivity contribution in [2.75, 3.05) is 19.6 Å². The van der Waals surface area contributed by atoms with Crippen LogP contribution in [0.1, 0.15) is 17.4 Å². The molecule has 0 aliphatic carbocycles. The van der Waals surface area contributed by atoms with Gasteiger partial charge in [0.2, 0.25) is 5.56 Å². The van der Waals surface area contributed by atoms with Gasteiger partial charge < -0.3 is 20.4 Å². The Hall–Kier alpha value is -1.66. The third kappa shape index (κ3) is 2.77. The molecule has 1 aromatic rings. The predicted molar refractivity (Wildman–Crippen MR) is 66.4 cm³/mol. The molecule has 2 atom stereocenters. The Morgan fingerprint density at radius 2 is 2.33 bits per heavy atom. The highest BCUT2D eigenvalue weighted by atomic mass is 16.5. The van der Waals surface area contributed by atoms with Gasteiger partial charge in [-0.1, -0.05) is 6.07 Å². The molecule has 6 heteroatoms. The maximum atomic E-state index is 12.2. The van der Waals surface area contributed by atoms with Gasteiger partial charge in [0.15, 0.2) is 0 Å². The summed E-state index contributed by atoms with van der Waals surface area (Å²) in [7, 11) is 0. The van der Waals surface area contributed by atoms with E-state index in [9.17, 15) is 9.59 Å². The quantitative estimate of drug-likeness (QED) is 0.746. The summed E-state index contributed by atoms with van der Waals surface area (Å²) in [6.07, 6.45) is -0.195. The molecule has 0 radical (unpaired) electrons. The summed E-state index contributed by atoms with van der Waals surface area (Å²) in [4.78, 5) is 27.6. The number of carbonyl (C=O) groups is 1. The second kappa shape index (κ2) is 5.32. The number of aromatic amines is 1. The maximum absolute atomic E-state index is 12.2. The van der Waals surface area contributed by atoms with Crippen LogP contribution in [0, 0.1) is 0 Å². The van der Waals surface area contributed by atoms with Crippen molar-refractivity contribution in [1.82, 2.24) is 9.88 Å². The van der Waals surface area contributed by atoms with Crippen LogP contribution < -0.4 is 11.3 Å². The summed E-state index contributed by atoms with van der Waals surface area (Å²) in [5.41, 5.74) is 5.59. The van der Waals surface area contributed by atoms with Crippen molar-refractivity contribution in [2.24, 2.45) is 5.73 Å². The van der Waals surface area contributed by atoms with Gasteiger partial charge in [0, 0.05) is 25.7 Å². The molecule has 0 spiro atoms. The summed E-state index contributed by atoms with van der Waals surface area (Å²) in [5.74, 6) is -0.193. The molecular formula is C12H17N3O3. The number of rotatable bonds is 2. The third-order valence-electron chi connectivity index (χ3n) is 2.88. The van der Waals surface area contributed by atoms with E-state index in [1.165, 1.54) is 6.07 Å². The fourth-order valence-corrected chi connectivity index (χ4v) is 2.08. The predicted octanol–water partition coefficient (Wildman–Crippen LogP) is -0.437. The van der Waals surface area contributed by atoms with Crippen LogP contribution in [-0.2, 0) is 4.74 Å². The number of pyridine rings is 1. The van der Waals surface area contributed by atoms with Gasteiger partial charge in [0.1, 0.15) is 5.69 Å². The lowest BCUT2D eigenvalue weighted by molar-refractivity contribution is -0.0627. The average molecular weight is 251 g/mol. The van der Waals surface area contributed by atoms with Crippen LogP contribution in [0.5, 0.6) is 0 Å². The highest BCUT2D eigenvalue weighted by Gasteiger charge is 2.28. The zero-order valence-electron chi connectivity index (χ0n) is 10.3. The third-order valence-corrected chi connectivity index (χ3v) is 2.88. The number of amides is 1. The first kappa shape index (κ1) is 12.8. The van der Waals surface area contributed by atoms with E-state index in [-0.39, 0.29) is 23.7 Å². The highest BCUT2D eigenvalue weighted by molar-refractivity contribution is 5.92. The lowest BCUT2D eigenvalue weighted by atomic mass is 10.2. The van der Waals surface area contributed by atoms with E-state index in [1.54, 1.807) is 17.0 Å². The first-order chi connectivity index (χ1) is 8.60. The standard InChI is InChI=1S/C12H17N3O3/c1-8-6-15(7-9(5-13)18-8)12(17)10-3-2-4-11(16)14-10/h2-4,8-9H,5-7,13H2,1H3,(H,14,16). The molecule has 18 heavy (non-hydrogen) atoms. The minimum atomic E-state index is -0.280. The van der Waals surface area contributed by atoms with Crippen LogP contribution in [0.2, 0.25) is 0 Å². The van der Waals surface area contributed by atoms with Gasteiger partial charge >= 0.3 is 0 Å². The number of hydrogen-bond donors (Lipinski definition) is 2. The van der Waals surface area contributed by atoms with Crippen molar-refractivity contribution in [2.45, 2.75) is 19.1 Å². The molecule has 2 unspecified atom stereocenters. The molecule has 1 aliphatic rings. The molecule has 1 saturated heterocycles. The fourth-order valence-electron chi connectivity index (χ4n) is 2.08. The van der Waals surface area contributed by atoms with E-state index in [4.69, 9.17) is 10.5 Å². The van der Waals surface area contributed by atoms with Crippen LogP contribution in [-0.4, -0.2) is 47.6 Å². The van der Waals surface area contributed by atoms with E-state index in [2.05, 4.69) is 4.98 Å². The second-order valence-electron chi connectivity index (χ2n) is 4.44. The fraction of sp³-hybridized carbons (Fsp3) is 0.500. The van der Waals surface area contributed by atoms with Gasteiger partial charge in [-0.05, 0) is 13.0 Å². The number of nitrogens with one attached hydrogen (secondary N) is 1. The lowest BCUT2D eigenvalue weighted by Gasteiger charge is -2.36. The summed E-state index contributed by atoms with van der Waals surface area (Å²) < 4.78 is 5.58. The second-order valence-corrected chi connectivity index (χ2v) is 4.44. The first-order valence-electron chi connectivity index (χ1n) is 5.94. The smallest absolute Gasteiger partial charge is 0.270 e. The Kier molecular flexibility index (Phi) is 3.78. The number of morpholine rings is 1. The monoisotopic (exact) mass is 251 g/mol. The van der Waals surface area contributed by atoms with Crippen molar-refractivity contribution < 1.29 is 9.53 Å². The summed E-state index contributed by atoms with van der Waals surface area (Å²) in [6, 6.07) is 4.54. The molecule has 1 aromatic heterocycles. The Labute approximate surface area is 105 Å². The van der Waals surface area contributed by atoms with Gasteiger partial charge in [-0.25, -0.2) is 0 Å². The van der Waals surface area contributed by atoms with Gasteiger partial charge in [-0.3, -0.25) is 9.59 Å². The van der Waals surface area contributed by atoms with Crippen LogP contribution in [0.3, 0.4) is 0 Å². The first-order valence-corrected chi connectivity index (χ1v) is 5.94. The minimum Gasteiger partial charge on any atom is -0.370 e. The maximum Gasteiger partial charge on any atom is 0.270 e. The van der Waals surface area contributed by atoms with Crippen molar-refractivity contribution in [3.63, 3.8) is 0 Å². The number of aromatic nitrogens is 1. The lowest BCUT2D eigenvalue weighted by Crippen LogP contribution is -2.51. The number of nitrogens with zero attached hydrogens (tertiary/aromatic N) is 1. The molecule has 3 N–H and O–H groups in total. The molecule has 2 rings (SSSR count). The number of carbonyl (C=O) groups excluding carboxylic acids is 1. The molecule has 1 aliphatic heterocycles. The average Bonchev–Trinajstić information content (AvgIpc) is 2.37. The van der Waals surface area contributed by atoms with Crippen molar-refractivity contribution in [3.05, 3.63) is 34.2 Å². The highest BCUT2D eigenvalue weighted by Crippen LogP contribution is 2.12. The van der Waals surface area contributed by atoms with Crippen molar-refractivity contribution in [1.29, 1.82) is 0 Å². The van der Waals surface area contributed by atoms with Gasteiger partial charge in [0.25, 0.3) is 5.91 Å². The molecule has 2 heterocycles. The van der Waals surface area contributed by atoms with Crippen LogP contribution in [0.25, 0.3) is 0 Å². The van der Waals surface area contributed by atoms with E-state index >= 15 is 0 Å². The molecule has 1 amide bonds. The van der Waals surface area contributed by atoms with Crippen molar-refractivity contribution in [3.8, 4) is 0 Å². The van der Waals surface area contributed by atoms with Gasteiger partial charge in [0.05, 0.1) is 12.2 Å². The van der Waals surface area contributed by atoms with E-state index in [0.29, 0.717) is 25.3 Å². The minimum absolute atomic E-state index is 0.0494. The largest absolute Gasteiger partial charge is 0.370 e. The molecule has 0 bridgehead atoms. The van der Waals surface area contributed by atoms with E-state index < -0.39 is 0 Å². The summed E-state index contributed by atoms with van der Waals surface area (Å²) in [6.45, 7) is 3.23. The Morgan fingerprint density at radius 3 is 3.00 bits per heavy atom. The van der Waals surface area contributed by atoms with Crippen LogP contribution in [0.4, 0.5) is 0 Å². The molecular weight excluding hydrogens is 234 g/mol. The van der Waals surface area contributed by atoms with Gasteiger partial charge in [-0.15, -0.1) is 0 Å². The zero-order valence-corrected chi connectivity index (χ0v) is 10.3. The topological polar surface area (TPSA) is 88.4 Å². The van der Waals surface area contributed by atoms with Crippen molar-refractivity contribution >= 4 is 5.91 Å². The molecule has 6 nitrogen and oxygen atoms in total. The Bertz CT molecular complexity index is 485. The summed E-state index contributed by atoms with van der Waals surface area (Å²) >= 11 is 0. The number of hydrogen-bond acceptors (Lipinski definition) is 4. The van der Waals surface area contributed by atoms with Gasteiger partial charge in [-0.2, -0.15) is 0 Å². The molecule has 0 saturated carbocycles. The molecule has 1 fully saturated rings. The Morgan fingerprint density at radius 1 is 1.56 bits per heavy atom. The molecule has 98 valence electrons. The SMILES string of the molecule is CC1CN(C(=O)c2cccc(=O)[nH]2)CC(CN)O1. The number of H-pyrrole nitrogens is 1. The number of nitrogens with two attached hydrogens (primary N) is 1. The van der Waals surface area contributed by atoms with E-state index in [1.807, 2.05) is 6.92 Å². The summed E-state index contributed by atoms with van der Waals surface area (Å²) in [5, 5.41) is 0. The number of ether oxygens (including phenoxy) is 1. The van der Waals surface area contributed by atoms with Crippen LogP contribution in [0.15, 0.2) is 23.0 Å². The van der Waals surface area contributed by atoms with Crippen LogP contribution >= 0.6 is 0 Å². The zero-order chi connectivity index (χ0) is 13.1. The molecule has 0 aromatic carbocycles. The normalized spacial score (nSPS) is 24.0. The Balaban J connectivity index is 2.15. The van der Waals surface area contributed by atoms with E-state index in [0.717, 1.165) is 0 Å².